The summed E-state index contributed by atoms with van der Waals surface area (Å²) in [5.41, 5.74) is 46.0. The number of hydrogen-bond donors (Lipinski definition) is 22. The molecule has 0 spiro atoms. The first-order valence-electron chi connectivity index (χ1n) is 32.1. The maximum atomic E-state index is 14.1. The highest BCUT2D eigenvalue weighted by molar-refractivity contribution is 14.1. The zero-order valence-corrected chi connectivity index (χ0v) is 57.9. The van der Waals surface area contributed by atoms with Gasteiger partial charge in [-0.15, -0.1) is 0 Å². The molecule has 0 aromatic heterocycles. The number of amides is 13. The largest absolute Gasteiger partial charge is 0.394 e. The van der Waals surface area contributed by atoms with Gasteiger partial charge in [-0.05, 0) is 150 Å². The topological polar surface area (TPSA) is 640 Å². The Kier molecular flexibility index (Phi) is 40.5. The molecule has 0 heterocycles. The van der Waals surface area contributed by atoms with Crippen LogP contribution < -0.4 is 110 Å². The number of halogens is 1. The van der Waals surface area contributed by atoms with Crippen molar-refractivity contribution >= 4 is 111 Å². The third-order valence-corrected chi connectivity index (χ3v) is 15.4. The molecule has 2 aromatic rings. The van der Waals surface area contributed by atoms with Crippen molar-refractivity contribution in [3.8, 4) is 0 Å². The molecule has 550 valence electrons. The molecule has 0 saturated carbocycles. The summed E-state index contributed by atoms with van der Waals surface area (Å²) in [7, 11) is 0. The van der Waals surface area contributed by atoms with Gasteiger partial charge in [0.25, 0.3) is 0 Å². The van der Waals surface area contributed by atoms with Crippen LogP contribution in [0.3, 0.4) is 0 Å². The first-order chi connectivity index (χ1) is 46.9. The molecule has 30 N–H and O–H groups in total. The minimum atomic E-state index is -1.73. The summed E-state index contributed by atoms with van der Waals surface area (Å²) in [6, 6.07) is 1.90. The summed E-state index contributed by atoms with van der Waals surface area (Å²) in [6.45, 7) is 1.22. The highest BCUT2D eigenvalue weighted by Gasteiger charge is 2.34. The number of primary amides is 1. The summed E-state index contributed by atoms with van der Waals surface area (Å²) >= 11 is 2.07. The number of rotatable bonds is 47. The van der Waals surface area contributed by atoms with Crippen molar-refractivity contribution in [3.63, 3.8) is 0 Å². The van der Waals surface area contributed by atoms with E-state index < -0.39 is 170 Å². The van der Waals surface area contributed by atoms with Crippen molar-refractivity contribution in [1.29, 1.82) is 0 Å². The molecule has 0 unspecified atom stereocenters. The van der Waals surface area contributed by atoms with Crippen LogP contribution in [0.15, 0.2) is 64.6 Å². The Morgan fingerprint density at radius 3 is 1.34 bits per heavy atom. The van der Waals surface area contributed by atoms with Gasteiger partial charge in [-0.3, -0.25) is 72.3 Å². The molecule has 11 atom stereocenters. The summed E-state index contributed by atoms with van der Waals surface area (Å²) in [5, 5.41) is 50.2. The maximum Gasteiger partial charge on any atom is 0.245 e. The Bertz CT molecular complexity index is 3050. The van der Waals surface area contributed by atoms with Crippen molar-refractivity contribution in [2.75, 3.05) is 52.4 Å². The quantitative estimate of drug-likeness (QED) is 0.0127. The van der Waals surface area contributed by atoms with E-state index in [0.29, 0.717) is 31.4 Å². The fourth-order valence-electron chi connectivity index (χ4n) is 9.17. The van der Waals surface area contributed by atoms with Crippen LogP contribution in [0.5, 0.6) is 0 Å². The van der Waals surface area contributed by atoms with Crippen LogP contribution in [0, 0.1) is 3.57 Å². The van der Waals surface area contributed by atoms with Crippen LogP contribution in [0.4, 0.5) is 0 Å². The Hall–Kier alpha value is -9.38. The Morgan fingerprint density at radius 2 is 0.848 bits per heavy atom. The fourth-order valence-corrected chi connectivity index (χ4v) is 9.53. The number of nitrogens with zero attached hydrogens (tertiary/aromatic N) is 2. The van der Waals surface area contributed by atoms with Gasteiger partial charge in [-0.1, -0.05) is 42.5 Å². The van der Waals surface area contributed by atoms with E-state index in [-0.39, 0.29) is 89.3 Å². The van der Waals surface area contributed by atoms with Crippen molar-refractivity contribution in [2.45, 2.75) is 164 Å². The zero-order chi connectivity index (χ0) is 74.1. The van der Waals surface area contributed by atoms with Gasteiger partial charge in [-0.2, -0.15) is 0 Å². The average Bonchev–Trinajstić information content (AvgIpc) is 0.887. The van der Waals surface area contributed by atoms with Crippen LogP contribution in [-0.4, -0.2) is 218 Å². The number of hydrogen-bond acceptors (Lipinski definition) is 20. The number of guanidine groups is 2. The standard InChI is InChI=1S/C61H99IN22O15/c1-33(76-47(88)31-75-59(99)49(35(3)86)84-57(97)44(28-37-19-21-38(62)22-20-37)78-48(89)30-73-46(87)29-74-53(93)39(65)27-36-13-5-4-6-14-36)51(91)80-43(18-12-26-72-61(69)70)55(95)82-41(16-8-10-24-64)56(96)83-45(32-85)58(98)77-34(2)52(92)81-42(17-11-25-71-60(67)68)54(94)79-40(50(66)90)15-7-9-23-63/h4-6,13-14,19-22,33-35,39-45,49,85-86H,7-12,15-18,23-32,63-65H2,1-3H3,(H2,66,90)(H,73,87)(H,74,93)(H,75,99)(H,76,88)(H,77,98)(H,78,89)(H,79,94)(H,80,91)(H,81,92)(H,82,95)(H,83,96)(H,84,97)(H4,67,68,71)(H4,69,70,72)/t33-,34-,35+,39-,40-,41-,42-,43-,44-,45-,49-/m0/s1. The second-order valence-electron chi connectivity index (χ2n) is 23.1. The Balaban J connectivity index is 2.19. The van der Waals surface area contributed by atoms with E-state index in [0.717, 1.165) is 9.13 Å². The molecule has 0 radical (unpaired) electrons. The number of aliphatic hydroxyl groups is 2. The summed E-state index contributed by atoms with van der Waals surface area (Å²) in [5.74, 6) is -12.1. The first kappa shape index (κ1) is 85.7. The molecule has 99 heavy (non-hydrogen) atoms. The van der Waals surface area contributed by atoms with Crippen molar-refractivity contribution in [2.24, 2.45) is 55.9 Å². The smallest absolute Gasteiger partial charge is 0.245 e. The Labute approximate surface area is 586 Å². The highest BCUT2D eigenvalue weighted by Crippen LogP contribution is 2.12. The molecule has 2 aromatic carbocycles. The van der Waals surface area contributed by atoms with Gasteiger partial charge in [0.05, 0.1) is 38.4 Å². The summed E-state index contributed by atoms with van der Waals surface area (Å²) in [4.78, 5) is 181. The molecule has 0 aliphatic carbocycles. The second-order valence-corrected chi connectivity index (χ2v) is 24.3. The van der Waals surface area contributed by atoms with Crippen molar-refractivity contribution < 1.29 is 72.5 Å². The van der Waals surface area contributed by atoms with Gasteiger partial charge < -0.3 is 120 Å². The van der Waals surface area contributed by atoms with E-state index in [1.54, 1.807) is 48.5 Å². The number of aliphatic imine (C=N–C) groups is 2. The number of benzene rings is 2. The lowest BCUT2D eigenvalue weighted by atomic mass is 10.0. The van der Waals surface area contributed by atoms with Gasteiger partial charge in [0.2, 0.25) is 76.8 Å². The number of unbranched alkanes of at least 4 members (excludes halogenated alkanes) is 2. The molecule has 38 heteroatoms. The molecule has 2 rings (SSSR count). The average molecular weight is 1510 g/mol. The van der Waals surface area contributed by atoms with E-state index in [2.05, 4.69) is 96.4 Å². The molecule has 0 saturated heterocycles. The number of nitrogens with two attached hydrogens (primary N) is 8. The third kappa shape index (κ3) is 35.1. The highest BCUT2D eigenvalue weighted by atomic mass is 127. The minimum absolute atomic E-state index is 0.0255. The monoisotopic (exact) mass is 1510 g/mol. The first-order valence-corrected chi connectivity index (χ1v) is 33.1. The van der Waals surface area contributed by atoms with Crippen LogP contribution >= 0.6 is 22.6 Å². The van der Waals surface area contributed by atoms with E-state index in [4.69, 9.17) is 45.9 Å². The molecular formula is C61H99IN22O15. The van der Waals surface area contributed by atoms with Crippen LogP contribution in [-0.2, 0) is 75.2 Å². The van der Waals surface area contributed by atoms with E-state index in [1.165, 1.54) is 20.8 Å². The molecule has 0 bridgehead atoms. The lowest BCUT2D eigenvalue weighted by Crippen LogP contribution is -2.60. The number of carbonyl (C=O) groups excluding carboxylic acids is 13. The summed E-state index contributed by atoms with van der Waals surface area (Å²) in [6.07, 6.45) is 0.230. The Morgan fingerprint density at radius 1 is 0.434 bits per heavy atom. The SMILES string of the molecule is C[C@H](NC(=O)CNC(=O)[C@@H](NC(=O)[C@H](Cc1ccc(I)cc1)NC(=O)CNC(=O)CNC(=O)[C@@H](N)Cc1ccccc1)[C@@H](C)O)C(=O)N[C@@H](CCCN=C(N)N)C(=O)N[C@@H](CCCCN)C(=O)N[C@@H](CO)C(=O)N[C@@H](C)C(=O)N[C@@H](CCCN=C(N)N)C(=O)N[C@@H](CCCCN)C(N)=O. The molecule has 0 aliphatic rings. The lowest BCUT2D eigenvalue weighted by Gasteiger charge is -2.26. The predicted molar refractivity (Wildman–Crippen MR) is 372 cm³/mol. The van der Waals surface area contributed by atoms with Crippen LogP contribution in [0.1, 0.15) is 96.1 Å². The minimum Gasteiger partial charge on any atom is -0.394 e. The van der Waals surface area contributed by atoms with Gasteiger partial charge in [-0.25, -0.2) is 0 Å². The van der Waals surface area contributed by atoms with E-state index in [9.17, 15) is 72.5 Å². The number of carbonyl (C=O) groups is 13. The van der Waals surface area contributed by atoms with Crippen LogP contribution in [0.2, 0.25) is 0 Å². The van der Waals surface area contributed by atoms with Gasteiger partial charge in [0, 0.05) is 23.1 Å². The molecule has 37 nitrogen and oxygen atoms in total. The normalized spacial score (nSPS) is 14.2. The zero-order valence-electron chi connectivity index (χ0n) is 55.8. The summed E-state index contributed by atoms with van der Waals surface area (Å²) < 4.78 is 0.857. The lowest BCUT2D eigenvalue weighted by molar-refractivity contribution is -0.136. The third-order valence-electron chi connectivity index (χ3n) is 14.7. The van der Waals surface area contributed by atoms with Crippen molar-refractivity contribution in [3.05, 3.63) is 69.3 Å². The predicted octanol–water partition coefficient (Wildman–Crippen LogP) is -8.62. The van der Waals surface area contributed by atoms with E-state index in [1.807, 2.05) is 6.07 Å². The molecule has 0 aliphatic heterocycles. The number of aliphatic hydroxyl groups excluding tert-OH is 2. The van der Waals surface area contributed by atoms with Gasteiger partial charge in [0.15, 0.2) is 11.9 Å². The second kappa shape index (κ2) is 46.8. The number of nitrogens with one attached hydrogen (secondary N) is 12. The molecule has 13 amide bonds. The van der Waals surface area contributed by atoms with Gasteiger partial charge in [0.1, 0.15) is 54.4 Å². The van der Waals surface area contributed by atoms with E-state index >= 15 is 0 Å². The van der Waals surface area contributed by atoms with Crippen molar-refractivity contribution in [1.82, 2.24) is 63.8 Å². The maximum absolute atomic E-state index is 14.1. The molecular weight excluding hydrogens is 1410 g/mol. The van der Waals surface area contributed by atoms with Gasteiger partial charge >= 0.3 is 0 Å². The fraction of sp³-hybridized carbons (Fsp3) is 0.557. The molecule has 0 fully saturated rings. The van der Waals surface area contributed by atoms with Crippen LogP contribution in [0.25, 0.3) is 0 Å².